The number of nitrogens with one attached hydrogen (secondary N) is 1. The van der Waals surface area contributed by atoms with Crippen molar-refractivity contribution in [3.05, 3.63) is 29.8 Å². The molecule has 0 aliphatic carbocycles. The van der Waals surface area contributed by atoms with Crippen LogP contribution >= 0.6 is 15.9 Å². The molecule has 88 valence electrons. The molecule has 0 bridgehead atoms. The molecule has 16 heavy (non-hydrogen) atoms. The van der Waals surface area contributed by atoms with Crippen molar-refractivity contribution in [3.63, 3.8) is 0 Å². The van der Waals surface area contributed by atoms with Crippen molar-refractivity contribution < 1.29 is 9.53 Å². The molecule has 0 saturated carbocycles. The molecule has 1 aromatic rings. The van der Waals surface area contributed by atoms with Gasteiger partial charge in [-0.15, -0.1) is 0 Å². The van der Waals surface area contributed by atoms with E-state index in [2.05, 4.69) is 21.2 Å². The van der Waals surface area contributed by atoms with Crippen LogP contribution in [0.3, 0.4) is 0 Å². The van der Waals surface area contributed by atoms with Crippen molar-refractivity contribution in [2.45, 2.75) is 12.8 Å². The molecule has 0 fully saturated rings. The van der Waals surface area contributed by atoms with Crippen LogP contribution in [0.2, 0.25) is 0 Å². The van der Waals surface area contributed by atoms with Crippen LogP contribution in [-0.4, -0.2) is 24.9 Å². The van der Waals surface area contributed by atoms with Gasteiger partial charge in [-0.1, -0.05) is 28.1 Å². The van der Waals surface area contributed by atoms with E-state index in [0.717, 1.165) is 12.2 Å². The first-order chi connectivity index (χ1) is 7.76. The number of methoxy groups -OCH3 is 1. The zero-order valence-corrected chi connectivity index (χ0v) is 10.9. The van der Waals surface area contributed by atoms with E-state index >= 15 is 0 Å². The molecule has 0 unspecified atom stereocenters. The van der Waals surface area contributed by atoms with E-state index in [0.29, 0.717) is 18.3 Å². The van der Waals surface area contributed by atoms with Gasteiger partial charge in [-0.2, -0.15) is 0 Å². The highest BCUT2D eigenvalue weighted by molar-refractivity contribution is 9.09. The van der Waals surface area contributed by atoms with Crippen molar-refractivity contribution in [1.82, 2.24) is 5.32 Å². The highest BCUT2D eigenvalue weighted by Gasteiger charge is 1.99. The van der Waals surface area contributed by atoms with Crippen LogP contribution in [0, 0.1) is 0 Å². The van der Waals surface area contributed by atoms with Gasteiger partial charge in [-0.05, 0) is 24.1 Å². The number of carbonyl (C=O) groups is 1. The predicted molar refractivity (Wildman–Crippen MR) is 68.1 cm³/mol. The summed E-state index contributed by atoms with van der Waals surface area (Å²) in [5.74, 6) is 0.942. The number of halogens is 1. The van der Waals surface area contributed by atoms with Crippen LogP contribution < -0.4 is 10.1 Å². The molecule has 0 aromatic heterocycles. The van der Waals surface area contributed by atoms with Gasteiger partial charge in [-0.3, -0.25) is 4.79 Å². The zero-order valence-electron chi connectivity index (χ0n) is 9.33. The highest BCUT2D eigenvalue weighted by atomic mass is 79.9. The number of rotatable bonds is 6. The largest absolute Gasteiger partial charge is 0.497 e. The van der Waals surface area contributed by atoms with Gasteiger partial charge in [0.25, 0.3) is 0 Å². The van der Waals surface area contributed by atoms with E-state index in [9.17, 15) is 4.79 Å². The molecule has 4 heteroatoms. The van der Waals surface area contributed by atoms with E-state index in [-0.39, 0.29) is 5.91 Å². The Morgan fingerprint density at radius 2 is 2.06 bits per heavy atom. The molecule has 0 heterocycles. The lowest BCUT2D eigenvalue weighted by molar-refractivity contribution is -0.120. The summed E-state index contributed by atoms with van der Waals surface area (Å²) < 4.78 is 5.07. The first-order valence-corrected chi connectivity index (χ1v) is 6.34. The Balaban J connectivity index is 2.29. The Hall–Kier alpha value is -1.03. The lowest BCUT2D eigenvalue weighted by atomic mass is 10.1. The Labute approximate surface area is 104 Å². The number of alkyl halides is 1. The fraction of sp³-hybridized carbons (Fsp3) is 0.417. The Kier molecular flexibility index (Phi) is 5.93. The minimum atomic E-state index is 0.0883. The fourth-order valence-electron chi connectivity index (χ4n) is 1.31. The lowest BCUT2D eigenvalue weighted by Crippen LogP contribution is -2.25. The molecule has 0 atom stereocenters. The van der Waals surface area contributed by atoms with Crippen LogP contribution in [0.4, 0.5) is 0 Å². The maximum absolute atomic E-state index is 11.2. The van der Waals surface area contributed by atoms with Gasteiger partial charge in [-0.25, -0.2) is 0 Å². The van der Waals surface area contributed by atoms with Gasteiger partial charge < -0.3 is 10.1 Å². The molecular formula is C12H16BrNO2. The van der Waals surface area contributed by atoms with Crippen molar-refractivity contribution in [2.24, 2.45) is 0 Å². The second-order valence-corrected chi connectivity index (χ2v) is 4.18. The van der Waals surface area contributed by atoms with Gasteiger partial charge in [0.1, 0.15) is 5.75 Å². The molecule has 0 aliphatic rings. The Morgan fingerprint density at radius 3 is 2.62 bits per heavy atom. The van der Waals surface area contributed by atoms with Crippen LogP contribution in [0.1, 0.15) is 12.0 Å². The number of carbonyl (C=O) groups excluding carboxylic acids is 1. The first-order valence-electron chi connectivity index (χ1n) is 5.22. The van der Waals surface area contributed by atoms with E-state index < -0.39 is 0 Å². The van der Waals surface area contributed by atoms with Crippen molar-refractivity contribution >= 4 is 21.8 Å². The number of hydrogen-bond acceptors (Lipinski definition) is 2. The molecular weight excluding hydrogens is 270 g/mol. The predicted octanol–water partition coefficient (Wildman–Crippen LogP) is 2.14. The van der Waals surface area contributed by atoms with E-state index in [1.807, 2.05) is 24.3 Å². The topological polar surface area (TPSA) is 38.3 Å². The first kappa shape index (κ1) is 13.0. The summed E-state index contributed by atoms with van der Waals surface area (Å²) in [5.41, 5.74) is 1.19. The number of amides is 1. The van der Waals surface area contributed by atoms with Crippen molar-refractivity contribution in [2.75, 3.05) is 19.0 Å². The third kappa shape index (κ3) is 4.66. The maximum atomic E-state index is 11.2. The highest BCUT2D eigenvalue weighted by Crippen LogP contribution is 2.11. The lowest BCUT2D eigenvalue weighted by Gasteiger charge is -2.05. The van der Waals surface area contributed by atoms with Crippen LogP contribution in [0.15, 0.2) is 24.3 Å². The molecule has 0 radical (unpaired) electrons. The third-order valence-corrected chi connectivity index (χ3v) is 2.61. The van der Waals surface area contributed by atoms with Gasteiger partial charge in [0.2, 0.25) is 5.91 Å². The van der Waals surface area contributed by atoms with Crippen LogP contribution in [0.5, 0.6) is 5.75 Å². The van der Waals surface area contributed by atoms with Gasteiger partial charge >= 0.3 is 0 Å². The quantitative estimate of drug-likeness (QED) is 0.814. The second-order valence-electron chi connectivity index (χ2n) is 3.39. The SMILES string of the molecule is COc1ccc(CCNC(=O)CCBr)cc1. The number of benzene rings is 1. The molecule has 1 aromatic carbocycles. The van der Waals surface area contributed by atoms with Crippen molar-refractivity contribution in [1.29, 1.82) is 0 Å². The van der Waals surface area contributed by atoms with Crippen LogP contribution in [0.25, 0.3) is 0 Å². The minimum Gasteiger partial charge on any atom is -0.497 e. The van der Waals surface area contributed by atoms with Crippen molar-refractivity contribution in [3.8, 4) is 5.75 Å². The summed E-state index contributed by atoms with van der Waals surface area (Å²) in [5, 5.41) is 3.57. The summed E-state index contributed by atoms with van der Waals surface area (Å²) in [4.78, 5) is 11.2. The minimum absolute atomic E-state index is 0.0883. The van der Waals surface area contributed by atoms with E-state index in [4.69, 9.17) is 4.74 Å². The molecule has 1 N–H and O–H groups in total. The van der Waals surface area contributed by atoms with Gasteiger partial charge in [0.15, 0.2) is 0 Å². The van der Waals surface area contributed by atoms with Crippen LogP contribution in [-0.2, 0) is 11.2 Å². The molecule has 1 amide bonds. The third-order valence-electron chi connectivity index (χ3n) is 2.22. The average molecular weight is 286 g/mol. The molecule has 0 saturated heterocycles. The summed E-state index contributed by atoms with van der Waals surface area (Å²) in [6.45, 7) is 0.679. The molecule has 1 rings (SSSR count). The molecule has 0 aliphatic heterocycles. The number of ether oxygens (including phenoxy) is 1. The Morgan fingerprint density at radius 1 is 1.38 bits per heavy atom. The maximum Gasteiger partial charge on any atom is 0.220 e. The average Bonchev–Trinajstić information content (AvgIpc) is 2.30. The van der Waals surface area contributed by atoms with E-state index in [1.54, 1.807) is 7.11 Å². The summed E-state index contributed by atoms with van der Waals surface area (Å²) in [7, 11) is 1.65. The summed E-state index contributed by atoms with van der Waals surface area (Å²) in [6, 6.07) is 7.87. The monoisotopic (exact) mass is 285 g/mol. The van der Waals surface area contributed by atoms with Gasteiger partial charge in [0, 0.05) is 18.3 Å². The van der Waals surface area contributed by atoms with E-state index in [1.165, 1.54) is 5.56 Å². The fourth-order valence-corrected chi connectivity index (χ4v) is 1.67. The zero-order chi connectivity index (χ0) is 11.8. The summed E-state index contributed by atoms with van der Waals surface area (Å²) in [6.07, 6.45) is 1.38. The standard InChI is InChI=1S/C12H16BrNO2/c1-16-11-4-2-10(3-5-11)7-9-14-12(15)6-8-13/h2-5H,6-9H2,1H3,(H,14,15). The van der Waals surface area contributed by atoms with Gasteiger partial charge in [0.05, 0.1) is 7.11 Å². The Bertz CT molecular complexity index is 324. The summed E-state index contributed by atoms with van der Waals surface area (Å²) >= 11 is 3.23. The second kappa shape index (κ2) is 7.28. The smallest absolute Gasteiger partial charge is 0.220 e. The molecule has 0 spiro atoms. The number of hydrogen-bond donors (Lipinski definition) is 1. The molecule has 3 nitrogen and oxygen atoms in total. The normalized spacial score (nSPS) is 9.88.